The smallest absolute Gasteiger partial charge is 0.207 e. The molecule has 0 radical (unpaired) electrons. The van der Waals surface area contributed by atoms with Crippen LogP contribution < -0.4 is 5.32 Å². The fourth-order valence-corrected chi connectivity index (χ4v) is 3.32. The number of imidazole rings is 1. The Morgan fingerprint density at radius 1 is 1.14 bits per heavy atom. The fourth-order valence-electron chi connectivity index (χ4n) is 2.85. The maximum Gasteiger partial charge on any atom is 0.207 e. The monoisotopic (exact) mass is 323 g/mol. The van der Waals surface area contributed by atoms with Crippen molar-refractivity contribution in [3.63, 3.8) is 0 Å². The number of nitrogens with one attached hydrogen (secondary N) is 1. The molecule has 1 N–H and O–H groups in total. The molecule has 1 aromatic carbocycles. The quantitative estimate of drug-likeness (QED) is 0.837. The van der Waals surface area contributed by atoms with E-state index in [1.807, 2.05) is 29.8 Å². The van der Waals surface area contributed by atoms with Crippen molar-refractivity contribution in [2.24, 2.45) is 0 Å². The number of aromatic nitrogens is 2. The molecule has 0 saturated heterocycles. The van der Waals surface area contributed by atoms with E-state index >= 15 is 0 Å². The van der Waals surface area contributed by atoms with Crippen LogP contribution in [0.15, 0.2) is 24.5 Å². The third-order valence-electron chi connectivity index (χ3n) is 4.07. The minimum Gasteiger partial charge on any atom is -0.353 e. The second-order valence-electron chi connectivity index (χ2n) is 5.65. The van der Waals surface area contributed by atoms with Crippen LogP contribution in [-0.4, -0.2) is 15.6 Å². The predicted octanol–water partition coefficient (Wildman–Crippen LogP) is 5.23. The van der Waals surface area contributed by atoms with Gasteiger partial charge in [0.05, 0.1) is 10.7 Å². The number of benzene rings is 1. The Morgan fingerprint density at radius 3 is 2.67 bits per heavy atom. The zero-order valence-electron chi connectivity index (χ0n) is 12.1. The summed E-state index contributed by atoms with van der Waals surface area (Å²) in [6, 6.07) is 4.29. The van der Waals surface area contributed by atoms with E-state index in [9.17, 15) is 0 Å². The molecule has 3 rings (SSSR count). The second-order valence-corrected chi connectivity index (χ2v) is 6.47. The lowest BCUT2D eigenvalue weighted by atomic mass is 9.96. The highest BCUT2D eigenvalue weighted by Crippen LogP contribution is 2.30. The van der Waals surface area contributed by atoms with Crippen LogP contribution in [0.4, 0.5) is 5.95 Å². The lowest BCUT2D eigenvalue weighted by Gasteiger charge is -2.24. The van der Waals surface area contributed by atoms with Crippen molar-refractivity contribution in [2.45, 2.75) is 45.1 Å². The number of hydrogen-bond donors (Lipinski definition) is 1. The van der Waals surface area contributed by atoms with Gasteiger partial charge >= 0.3 is 0 Å². The van der Waals surface area contributed by atoms with Crippen molar-refractivity contribution in [1.29, 1.82) is 0 Å². The van der Waals surface area contributed by atoms with Gasteiger partial charge in [-0.05, 0) is 37.5 Å². The highest BCUT2D eigenvalue weighted by Gasteiger charge is 2.17. The molecule has 0 aliphatic heterocycles. The number of nitrogens with zero attached hydrogens (tertiary/aromatic N) is 2. The standard InChI is InChI=1S/C16H19Cl2N3/c1-11-9-14(18)15(10-13(11)17)21-8-7-19-16(21)20-12-5-3-2-4-6-12/h7-10,12H,2-6H2,1H3,(H,19,20). The molecule has 1 heterocycles. The maximum atomic E-state index is 6.37. The van der Waals surface area contributed by atoms with Crippen LogP contribution in [0.2, 0.25) is 10.0 Å². The molecule has 112 valence electrons. The molecule has 1 aliphatic carbocycles. The van der Waals surface area contributed by atoms with Gasteiger partial charge in [0.15, 0.2) is 0 Å². The van der Waals surface area contributed by atoms with Crippen molar-refractivity contribution in [1.82, 2.24) is 9.55 Å². The lowest BCUT2D eigenvalue weighted by Crippen LogP contribution is -2.24. The van der Waals surface area contributed by atoms with Crippen LogP contribution in [0.1, 0.15) is 37.7 Å². The van der Waals surface area contributed by atoms with Gasteiger partial charge in [0, 0.05) is 23.5 Å². The molecule has 2 aromatic rings. The average molecular weight is 324 g/mol. The molecule has 3 nitrogen and oxygen atoms in total. The molecule has 1 aliphatic rings. The molecular formula is C16H19Cl2N3. The third-order valence-corrected chi connectivity index (χ3v) is 4.78. The predicted molar refractivity (Wildman–Crippen MR) is 88.8 cm³/mol. The Bertz CT molecular complexity index is 630. The number of aryl methyl sites for hydroxylation is 1. The van der Waals surface area contributed by atoms with Crippen molar-refractivity contribution < 1.29 is 0 Å². The Balaban J connectivity index is 1.89. The molecule has 0 amide bonds. The van der Waals surface area contributed by atoms with Crippen molar-refractivity contribution >= 4 is 29.2 Å². The molecule has 5 heteroatoms. The lowest BCUT2D eigenvalue weighted by molar-refractivity contribution is 0.460. The Morgan fingerprint density at radius 2 is 1.90 bits per heavy atom. The van der Waals surface area contributed by atoms with Gasteiger partial charge in [-0.15, -0.1) is 0 Å². The van der Waals surface area contributed by atoms with Crippen LogP contribution in [0.3, 0.4) is 0 Å². The first-order valence-corrected chi connectivity index (χ1v) is 8.16. The van der Waals surface area contributed by atoms with Crippen LogP contribution in [0, 0.1) is 6.92 Å². The summed E-state index contributed by atoms with van der Waals surface area (Å²) >= 11 is 12.6. The largest absolute Gasteiger partial charge is 0.353 e. The first-order chi connectivity index (χ1) is 10.1. The zero-order valence-corrected chi connectivity index (χ0v) is 13.6. The number of anilines is 1. The van der Waals surface area contributed by atoms with Crippen LogP contribution >= 0.6 is 23.2 Å². The van der Waals surface area contributed by atoms with Crippen molar-refractivity contribution in [3.05, 3.63) is 40.1 Å². The molecule has 0 atom stereocenters. The SMILES string of the molecule is Cc1cc(Cl)c(-n2ccnc2NC2CCCCC2)cc1Cl. The van der Waals surface area contributed by atoms with E-state index in [1.165, 1.54) is 32.1 Å². The van der Waals surface area contributed by atoms with Crippen molar-refractivity contribution in [2.75, 3.05) is 5.32 Å². The van der Waals surface area contributed by atoms with Crippen LogP contribution in [0.5, 0.6) is 0 Å². The summed E-state index contributed by atoms with van der Waals surface area (Å²) in [5, 5.41) is 4.94. The average Bonchev–Trinajstić information content (AvgIpc) is 2.92. The summed E-state index contributed by atoms with van der Waals surface area (Å²) < 4.78 is 1.97. The summed E-state index contributed by atoms with van der Waals surface area (Å²) in [4.78, 5) is 4.43. The fraction of sp³-hybridized carbons (Fsp3) is 0.438. The molecule has 0 bridgehead atoms. The number of halogens is 2. The summed E-state index contributed by atoms with van der Waals surface area (Å²) in [5.74, 6) is 0.837. The summed E-state index contributed by atoms with van der Waals surface area (Å²) in [6.45, 7) is 1.95. The van der Waals surface area contributed by atoms with Gasteiger partial charge in [-0.1, -0.05) is 42.5 Å². The summed E-state index contributed by atoms with van der Waals surface area (Å²) in [5.41, 5.74) is 1.84. The summed E-state index contributed by atoms with van der Waals surface area (Å²) in [6.07, 6.45) is 10.0. The highest BCUT2D eigenvalue weighted by molar-refractivity contribution is 6.35. The maximum absolute atomic E-state index is 6.37. The molecule has 0 unspecified atom stereocenters. The zero-order chi connectivity index (χ0) is 14.8. The van der Waals surface area contributed by atoms with E-state index in [0.29, 0.717) is 16.1 Å². The van der Waals surface area contributed by atoms with E-state index in [4.69, 9.17) is 23.2 Å². The topological polar surface area (TPSA) is 29.9 Å². The normalized spacial score (nSPS) is 16.1. The van der Waals surface area contributed by atoms with E-state index in [1.54, 1.807) is 6.20 Å². The van der Waals surface area contributed by atoms with Gasteiger partial charge in [0.25, 0.3) is 0 Å². The van der Waals surface area contributed by atoms with Gasteiger partial charge in [-0.2, -0.15) is 0 Å². The van der Waals surface area contributed by atoms with Gasteiger partial charge in [0.1, 0.15) is 0 Å². The Labute approximate surface area is 135 Å². The number of rotatable bonds is 3. The van der Waals surface area contributed by atoms with E-state index in [2.05, 4.69) is 10.3 Å². The molecule has 1 aromatic heterocycles. The van der Waals surface area contributed by atoms with Crippen LogP contribution in [-0.2, 0) is 0 Å². The van der Waals surface area contributed by atoms with Gasteiger partial charge < -0.3 is 5.32 Å². The summed E-state index contributed by atoms with van der Waals surface area (Å²) in [7, 11) is 0. The van der Waals surface area contributed by atoms with E-state index < -0.39 is 0 Å². The Kier molecular flexibility index (Phi) is 4.41. The Hall–Kier alpha value is -1.19. The highest BCUT2D eigenvalue weighted by atomic mass is 35.5. The van der Waals surface area contributed by atoms with Crippen LogP contribution in [0.25, 0.3) is 5.69 Å². The van der Waals surface area contributed by atoms with Crippen molar-refractivity contribution in [3.8, 4) is 5.69 Å². The molecule has 1 saturated carbocycles. The minimum atomic E-state index is 0.500. The second kappa shape index (κ2) is 6.29. The third kappa shape index (κ3) is 3.19. The van der Waals surface area contributed by atoms with E-state index in [-0.39, 0.29) is 0 Å². The van der Waals surface area contributed by atoms with Gasteiger partial charge in [-0.3, -0.25) is 4.57 Å². The molecule has 1 fully saturated rings. The van der Waals surface area contributed by atoms with Gasteiger partial charge in [-0.25, -0.2) is 4.98 Å². The number of hydrogen-bond acceptors (Lipinski definition) is 2. The minimum absolute atomic E-state index is 0.500. The first-order valence-electron chi connectivity index (χ1n) is 7.41. The molecule has 0 spiro atoms. The van der Waals surface area contributed by atoms with Gasteiger partial charge in [0.2, 0.25) is 5.95 Å². The first kappa shape index (κ1) is 14.7. The molecule has 21 heavy (non-hydrogen) atoms. The molecular weight excluding hydrogens is 305 g/mol. The van der Waals surface area contributed by atoms with E-state index in [0.717, 1.165) is 17.2 Å².